The number of carbonyl (C=O) groups excluding carboxylic acids is 1. The molecule has 6 heteroatoms. The Hall–Kier alpha value is -1.56. The molecule has 1 aromatic heterocycles. The summed E-state index contributed by atoms with van der Waals surface area (Å²) in [4.78, 5) is 16.4. The van der Waals surface area contributed by atoms with Crippen LogP contribution >= 0.6 is 0 Å². The topological polar surface area (TPSA) is 53.4 Å². The number of pyridine rings is 1. The zero-order chi connectivity index (χ0) is 14.0. The third-order valence-corrected chi connectivity index (χ3v) is 3.49. The molecule has 0 unspecified atom stereocenters. The predicted molar refractivity (Wildman–Crippen MR) is 64.5 cm³/mol. The van der Waals surface area contributed by atoms with Gasteiger partial charge < -0.3 is 10.0 Å². The summed E-state index contributed by atoms with van der Waals surface area (Å²) in [5.41, 5.74) is -1.27. The van der Waals surface area contributed by atoms with Gasteiger partial charge in [-0.15, -0.1) is 0 Å². The Balaban J connectivity index is 2.12. The van der Waals surface area contributed by atoms with Crippen LogP contribution in [0.25, 0.3) is 0 Å². The molecule has 2 rings (SSSR count). The first-order valence-electron chi connectivity index (χ1n) is 6.21. The Bertz CT molecular complexity index is 488. The normalized spacial score (nSPS) is 17.5. The number of likely N-dealkylation sites (N-methyl/N-ethyl adjacent to an activating group) is 1. The second-order valence-electron chi connectivity index (χ2n) is 5.06. The van der Waals surface area contributed by atoms with E-state index in [0.717, 1.165) is 25.1 Å². The van der Waals surface area contributed by atoms with Gasteiger partial charge >= 0.3 is 0 Å². The third-order valence-electron chi connectivity index (χ3n) is 3.49. The molecule has 1 aliphatic rings. The summed E-state index contributed by atoms with van der Waals surface area (Å²) in [5.74, 6) is -3.20. The SMILES string of the molecule is CN(CC1(O)CCCC1)C(=O)c1ccnc(F)c1F. The molecule has 1 aromatic rings. The van der Waals surface area contributed by atoms with Gasteiger partial charge in [-0.3, -0.25) is 4.79 Å². The highest BCUT2D eigenvalue weighted by atomic mass is 19.2. The van der Waals surface area contributed by atoms with E-state index in [4.69, 9.17) is 0 Å². The molecule has 4 nitrogen and oxygen atoms in total. The second kappa shape index (κ2) is 5.21. The zero-order valence-corrected chi connectivity index (χ0v) is 10.7. The lowest BCUT2D eigenvalue weighted by atomic mass is 10.0. The molecule has 1 heterocycles. The van der Waals surface area contributed by atoms with E-state index in [9.17, 15) is 18.7 Å². The van der Waals surface area contributed by atoms with E-state index in [2.05, 4.69) is 4.98 Å². The second-order valence-corrected chi connectivity index (χ2v) is 5.06. The van der Waals surface area contributed by atoms with Gasteiger partial charge in [-0.05, 0) is 18.9 Å². The van der Waals surface area contributed by atoms with E-state index < -0.39 is 23.3 Å². The van der Waals surface area contributed by atoms with E-state index in [1.807, 2.05) is 0 Å². The predicted octanol–water partition coefficient (Wildman–Crippen LogP) is 1.74. The minimum atomic E-state index is -1.29. The average Bonchev–Trinajstić information content (AvgIpc) is 2.78. The van der Waals surface area contributed by atoms with E-state index in [1.165, 1.54) is 11.9 Å². The number of carbonyl (C=O) groups is 1. The van der Waals surface area contributed by atoms with Crippen LogP contribution in [-0.4, -0.2) is 40.1 Å². The Kier molecular flexibility index (Phi) is 3.80. The third kappa shape index (κ3) is 2.89. The molecule has 0 spiro atoms. The van der Waals surface area contributed by atoms with Crippen molar-refractivity contribution in [3.8, 4) is 0 Å². The number of halogens is 2. The summed E-state index contributed by atoms with van der Waals surface area (Å²) >= 11 is 0. The van der Waals surface area contributed by atoms with Crippen molar-refractivity contribution in [3.63, 3.8) is 0 Å². The highest BCUT2D eigenvalue weighted by Crippen LogP contribution is 2.30. The summed E-state index contributed by atoms with van der Waals surface area (Å²) in [6.07, 6.45) is 4.12. The molecule has 104 valence electrons. The molecule has 1 amide bonds. The maximum atomic E-state index is 13.5. The van der Waals surface area contributed by atoms with Gasteiger partial charge in [0.2, 0.25) is 5.95 Å². The van der Waals surface area contributed by atoms with Crippen LogP contribution in [-0.2, 0) is 0 Å². The van der Waals surface area contributed by atoms with Gasteiger partial charge in [-0.1, -0.05) is 12.8 Å². The van der Waals surface area contributed by atoms with Gasteiger partial charge in [0, 0.05) is 19.8 Å². The monoisotopic (exact) mass is 270 g/mol. The van der Waals surface area contributed by atoms with Gasteiger partial charge in [0.15, 0.2) is 5.82 Å². The van der Waals surface area contributed by atoms with E-state index in [-0.39, 0.29) is 12.1 Å². The molecule has 0 aliphatic heterocycles. The largest absolute Gasteiger partial charge is 0.388 e. The molecule has 0 saturated heterocycles. The van der Waals surface area contributed by atoms with Crippen LogP contribution in [0.2, 0.25) is 0 Å². The Morgan fingerprint density at radius 2 is 2.11 bits per heavy atom. The number of hydrogen-bond donors (Lipinski definition) is 1. The van der Waals surface area contributed by atoms with Crippen molar-refractivity contribution in [1.29, 1.82) is 0 Å². The minimum Gasteiger partial charge on any atom is -0.388 e. The van der Waals surface area contributed by atoms with Gasteiger partial charge in [0.05, 0.1) is 11.2 Å². The quantitative estimate of drug-likeness (QED) is 0.851. The summed E-state index contributed by atoms with van der Waals surface area (Å²) in [7, 11) is 1.47. The van der Waals surface area contributed by atoms with Crippen molar-refractivity contribution in [2.24, 2.45) is 0 Å². The van der Waals surface area contributed by atoms with Crippen LogP contribution in [0.1, 0.15) is 36.0 Å². The van der Waals surface area contributed by atoms with E-state index in [1.54, 1.807) is 0 Å². The zero-order valence-electron chi connectivity index (χ0n) is 10.7. The molecule has 1 aliphatic carbocycles. The molecule has 1 N–H and O–H groups in total. The van der Waals surface area contributed by atoms with E-state index >= 15 is 0 Å². The Labute approximate surface area is 110 Å². The number of rotatable bonds is 3. The molecule has 19 heavy (non-hydrogen) atoms. The smallest absolute Gasteiger partial charge is 0.256 e. The van der Waals surface area contributed by atoms with Crippen molar-refractivity contribution in [2.45, 2.75) is 31.3 Å². The van der Waals surface area contributed by atoms with Crippen LogP contribution in [0.5, 0.6) is 0 Å². The van der Waals surface area contributed by atoms with Crippen LogP contribution in [0.4, 0.5) is 8.78 Å². The minimum absolute atomic E-state index is 0.120. The number of nitrogens with zero attached hydrogens (tertiary/aromatic N) is 2. The molecule has 0 atom stereocenters. The lowest BCUT2D eigenvalue weighted by Crippen LogP contribution is -2.42. The van der Waals surface area contributed by atoms with Gasteiger partial charge in [0.25, 0.3) is 5.91 Å². The van der Waals surface area contributed by atoms with Crippen molar-refractivity contribution in [1.82, 2.24) is 9.88 Å². The lowest BCUT2D eigenvalue weighted by molar-refractivity contribution is 0.0155. The number of hydrogen-bond acceptors (Lipinski definition) is 3. The number of aliphatic hydroxyl groups is 1. The number of amides is 1. The highest BCUT2D eigenvalue weighted by Gasteiger charge is 2.34. The maximum Gasteiger partial charge on any atom is 0.256 e. The fraction of sp³-hybridized carbons (Fsp3) is 0.538. The summed E-state index contributed by atoms with van der Waals surface area (Å²) in [6.45, 7) is 0.120. The van der Waals surface area contributed by atoms with Gasteiger partial charge in [0.1, 0.15) is 0 Å². The van der Waals surface area contributed by atoms with Crippen LogP contribution in [0.3, 0.4) is 0 Å². The fourth-order valence-corrected chi connectivity index (χ4v) is 2.49. The maximum absolute atomic E-state index is 13.5. The van der Waals surface area contributed by atoms with Crippen LogP contribution in [0, 0.1) is 11.8 Å². The van der Waals surface area contributed by atoms with Crippen molar-refractivity contribution < 1.29 is 18.7 Å². The molecule has 0 aromatic carbocycles. The lowest BCUT2D eigenvalue weighted by Gasteiger charge is -2.28. The first-order chi connectivity index (χ1) is 8.93. The molecule has 1 fully saturated rings. The highest BCUT2D eigenvalue weighted by molar-refractivity contribution is 5.94. The molecular formula is C13H16F2N2O2. The van der Waals surface area contributed by atoms with Gasteiger partial charge in [-0.2, -0.15) is 4.39 Å². The Morgan fingerprint density at radius 3 is 2.74 bits per heavy atom. The van der Waals surface area contributed by atoms with Crippen LogP contribution in [0.15, 0.2) is 12.3 Å². The summed E-state index contributed by atoms with van der Waals surface area (Å²) in [6, 6.07) is 1.13. The summed E-state index contributed by atoms with van der Waals surface area (Å²) < 4.78 is 26.5. The first kappa shape index (κ1) is 13.9. The van der Waals surface area contributed by atoms with Crippen molar-refractivity contribution in [3.05, 3.63) is 29.6 Å². The van der Waals surface area contributed by atoms with Crippen molar-refractivity contribution in [2.75, 3.05) is 13.6 Å². The Morgan fingerprint density at radius 1 is 1.47 bits per heavy atom. The summed E-state index contributed by atoms with van der Waals surface area (Å²) in [5, 5.41) is 10.2. The average molecular weight is 270 g/mol. The molecule has 0 radical (unpaired) electrons. The fourth-order valence-electron chi connectivity index (χ4n) is 2.49. The standard InChI is InChI=1S/C13H16F2N2O2/c1-17(8-13(19)5-2-3-6-13)12(18)9-4-7-16-11(15)10(9)14/h4,7,19H,2-3,5-6,8H2,1H3. The first-order valence-corrected chi connectivity index (χ1v) is 6.21. The molecule has 0 bridgehead atoms. The van der Waals surface area contributed by atoms with Gasteiger partial charge in [-0.25, -0.2) is 9.37 Å². The van der Waals surface area contributed by atoms with E-state index in [0.29, 0.717) is 12.8 Å². The van der Waals surface area contributed by atoms with Crippen LogP contribution < -0.4 is 0 Å². The molecule has 1 saturated carbocycles. The molecular weight excluding hydrogens is 254 g/mol. The number of aromatic nitrogens is 1. The van der Waals surface area contributed by atoms with Crippen molar-refractivity contribution >= 4 is 5.91 Å².